The molecule has 2 aromatic carbocycles. The van der Waals surface area contributed by atoms with Crippen LogP contribution in [0.1, 0.15) is 22.2 Å². The van der Waals surface area contributed by atoms with Gasteiger partial charge in [-0.3, -0.25) is 0 Å². The molecule has 0 spiro atoms. The monoisotopic (exact) mass is 288 g/mol. The molecule has 2 N–H and O–H groups in total. The molecule has 1 unspecified atom stereocenters. The zero-order chi connectivity index (χ0) is 15.0. The maximum atomic E-state index is 11.0. The largest absolute Gasteiger partial charge is 0.504 e. The van der Waals surface area contributed by atoms with Crippen LogP contribution in [0, 0.1) is 0 Å². The molecule has 108 valence electrons. The molecule has 1 aliphatic heterocycles. The van der Waals surface area contributed by atoms with Crippen LogP contribution in [0.2, 0.25) is 0 Å². The van der Waals surface area contributed by atoms with E-state index in [0.717, 1.165) is 11.6 Å². The van der Waals surface area contributed by atoms with Crippen molar-refractivity contribution in [3.8, 4) is 23.0 Å². The summed E-state index contributed by atoms with van der Waals surface area (Å²) in [4.78, 5) is 11.0. The molecule has 3 rings (SSSR count). The highest BCUT2D eigenvalue weighted by Gasteiger charge is 2.30. The van der Waals surface area contributed by atoms with Crippen molar-refractivity contribution in [1.29, 1.82) is 0 Å². The molecule has 0 bridgehead atoms. The van der Waals surface area contributed by atoms with Gasteiger partial charge in [0.1, 0.15) is 5.75 Å². The van der Waals surface area contributed by atoms with Gasteiger partial charge in [-0.05, 0) is 36.4 Å². The standard InChI is InChI=1S/C15H12O6/c1-19-10-4-2-8(3-5-10)15-20-12-7-9(14(17)18)6-11(16)13(12)21-15/h2-7,15-16H,1H3,(H,17,18). The molecule has 0 saturated heterocycles. The van der Waals surface area contributed by atoms with E-state index in [1.165, 1.54) is 6.07 Å². The van der Waals surface area contributed by atoms with Crippen LogP contribution in [-0.4, -0.2) is 23.3 Å². The van der Waals surface area contributed by atoms with Crippen molar-refractivity contribution >= 4 is 5.97 Å². The minimum Gasteiger partial charge on any atom is -0.504 e. The molecular weight excluding hydrogens is 276 g/mol. The number of hydrogen-bond acceptors (Lipinski definition) is 5. The van der Waals surface area contributed by atoms with E-state index < -0.39 is 12.3 Å². The fourth-order valence-electron chi connectivity index (χ4n) is 2.06. The lowest BCUT2D eigenvalue weighted by atomic mass is 10.2. The summed E-state index contributed by atoms with van der Waals surface area (Å²) in [5, 5.41) is 18.8. The van der Waals surface area contributed by atoms with E-state index in [1.807, 2.05) is 0 Å². The molecule has 0 aromatic heterocycles. The molecule has 6 nitrogen and oxygen atoms in total. The first-order valence-electron chi connectivity index (χ1n) is 6.16. The Balaban J connectivity index is 1.89. The minimum atomic E-state index is -1.15. The van der Waals surface area contributed by atoms with Gasteiger partial charge in [-0.15, -0.1) is 0 Å². The smallest absolute Gasteiger partial charge is 0.335 e. The van der Waals surface area contributed by atoms with Gasteiger partial charge in [0.15, 0.2) is 11.5 Å². The molecule has 1 atom stereocenters. The number of carbonyl (C=O) groups is 1. The van der Waals surface area contributed by atoms with Gasteiger partial charge in [-0.2, -0.15) is 0 Å². The van der Waals surface area contributed by atoms with Crippen molar-refractivity contribution in [2.45, 2.75) is 6.29 Å². The number of aromatic hydroxyl groups is 1. The Hall–Kier alpha value is -2.89. The second-order valence-corrected chi connectivity index (χ2v) is 4.47. The summed E-state index contributed by atoms with van der Waals surface area (Å²) in [6.45, 7) is 0. The van der Waals surface area contributed by atoms with Crippen molar-refractivity contribution < 1.29 is 29.2 Å². The van der Waals surface area contributed by atoms with Crippen LogP contribution in [0.3, 0.4) is 0 Å². The summed E-state index contributed by atoms with van der Waals surface area (Å²) in [5.74, 6) is -0.371. The Labute approximate surface area is 120 Å². The molecule has 0 amide bonds. The topological polar surface area (TPSA) is 85.2 Å². The lowest BCUT2D eigenvalue weighted by Crippen LogP contribution is -2.07. The van der Waals surface area contributed by atoms with Crippen LogP contribution in [-0.2, 0) is 0 Å². The number of hydrogen-bond donors (Lipinski definition) is 2. The van der Waals surface area contributed by atoms with E-state index >= 15 is 0 Å². The van der Waals surface area contributed by atoms with Gasteiger partial charge in [0.25, 0.3) is 6.29 Å². The van der Waals surface area contributed by atoms with E-state index in [4.69, 9.17) is 19.3 Å². The molecule has 0 saturated carbocycles. The van der Waals surface area contributed by atoms with E-state index in [9.17, 15) is 9.90 Å². The average molecular weight is 288 g/mol. The molecule has 0 aliphatic carbocycles. The Morgan fingerprint density at radius 2 is 1.90 bits per heavy atom. The van der Waals surface area contributed by atoms with Gasteiger partial charge < -0.3 is 24.4 Å². The predicted molar refractivity (Wildman–Crippen MR) is 72.1 cm³/mol. The molecule has 1 aliphatic rings. The van der Waals surface area contributed by atoms with Crippen LogP contribution in [0.5, 0.6) is 23.0 Å². The Bertz CT molecular complexity index is 692. The number of phenolic OH excluding ortho intramolecular Hbond substituents is 1. The number of phenols is 1. The summed E-state index contributed by atoms with van der Waals surface area (Å²) in [6.07, 6.45) is -0.735. The summed E-state index contributed by atoms with van der Waals surface area (Å²) in [5.41, 5.74) is 0.661. The van der Waals surface area contributed by atoms with Crippen molar-refractivity contribution in [3.63, 3.8) is 0 Å². The van der Waals surface area contributed by atoms with Crippen molar-refractivity contribution in [1.82, 2.24) is 0 Å². The van der Waals surface area contributed by atoms with Crippen molar-refractivity contribution in [3.05, 3.63) is 47.5 Å². The van der Waals surface area contributed by atoms with Crippen molar-refractivity contribution in [2.24, 2.45) is 0 Å². The maximum Gasteiger partial charge on any atom is 0.335 e. The minimum absolute atomic E-state index is 0.0646. The quantitative estimate of drug-likeness (QED) is 0.902. The van der Waals surface area contributed by atoms with Gasteiger partial charge in [-0.1, -0.05) is 0 Å². The number of fused-ring (bicyclic) bond motifs is 1. The summed E-state index contributed by atoms with van der Waals surface area (Å²) in [6, 6.07) is 9.50. The first kappa shape index (κ1) is 13.1. The third-order valence-corrected chi connectivity index (χ3v) is 3.13. The molecule has 1 heterocycles. The van der Waals surface area contributed by atoms with Crippen LogP contribution in [0.4, 0.5) is 0 Å². The van der Waals surface area contributed by atoms with Crippen LogP contribution < -0.4 is 14.2 Å². The van der Waals surface area contributed by atoms with E-state index in [1.54, 1.807) is 31.4 Å². The summed E-state index contributed by atoms with van der Waals surface area (Å²) >= 11 is 0. The highest BCUT2D eigenvalue weighted by atomic mass is 16.7. The summed E-state index contributed by atoms with van der Waals surface area (Å²) < 4.78 is 16.1. The fraction of sp³-hybridized carbons (Fsp3) is 0.133. The van der Waals surface area contributed by atoms with Gasteiger partial charge >= 0.3 is 5.97 Å². The fourth-order valence-corrected chi connectivity index (χ4v) is 2.06. The third-order valence-electron chi connectivity index (χ3n) is 3.13. The Morgan fingerprint density at radius 1 is 1.19 bits per heavy atom. The van der Waals surface area contributed by atoms with Gasteiger partial charge in [0, 0.05) is 5.56 Å². The zero-order valence-corrected chi connectivity index (χ0v) is 11.1. The highest BCUT2D eigenvalue weighted by molar-refractivity contribution is 5.89. The van der Waals surface area contributed by atoms with Gasteiger partial charge in [0.05, 0.1) is 12.7 Å². The van der Waals surface area contributed by atoms with Gasteiger partial charge in [-0.25, -0.2) is 4.79 Å². The van der Waals surface area contributed by atoms with E-state index in [2.05, 4.69) is 0 Å². The highest BCUT2D eigenvalue weighted by Crippen LogP contribution is 2.47. The van der Waals surface area contributed by atoms with Crippen LogP contribution >= 0.6 is 0 Å². The third kappa shape index (κ3) is 2.31. The SMILES string of the molecule is COc1ccc(C2Oc3cc(C(=O)O)cc(O)c3O2)cc1. The summed E-state index contributed by atoms with van der Waals surface area (Å²) in [7, 11) is 1.57. The van der Waals surface area contributed by atoms with Crippen LogP contribution in [0.15, 0.2) is 36.4 Å². The number of carboxylic acids is 1. The number of carboxylic acid groups (broad SMARTS) is 1. The number of aromatic carboxylic acids is 1. The normalized spacial score (nSPS) is 15.8. The zero-order valence-electron chi connectivity index (χ0n) is 11.1. The Kier molecular flexibility index (Phi) is 3.06. The molecular formula is C15H12O6. The Morgan fingerprint density at radius 3 is 2.52 bits per heavy atom. The first-order chi connectivity index (χ1) is 10.1. The lowest BCUT2D eigenvalue weighted by molar-refractivity contribution is 0.0473. The van der Waals surface area contributed by atoms with Crippen molar-refractivity contribution in [2.75, 3.05) is 7.11 Å². The average Bonchev–Trinajstić information content (AvgIpc) is 2.92. The lowest BCUT2D eigenvalue weighted by Gasteiger charge is -2.10. The molecule has 2 aromatic rings. The maximum absolute atomic E-state index is 11.0. The molecule has 6 heteroatoms. The second-order valence-electron chi connectivity index (χ2n) is 4.47. The number of ether oxygens (including phenoxy) is 3. The number of methoxy groups -OCH3 is 1. The molecule has 21 heavy (non-hydrogen) atoms. The van der Waals surface area contributed by atoms with E-state index in [0.29, 0.717) is 5.75 Å². The van der Waals surface area contributed by atoms with Gasteiger partial charge in [0.2, 0.25) is 5.75 Å². The molecule has 0 radical (unpaired) electrons. The number of benzene rings is 2. The first-order valence-corrected chi connectivity index (χ1v) is 6.16. The number of rotatable bonds is 3. The predicted octanol–water partition coefficient (Wildman–Crippen LogP) is 2.57. The van der Waals surface area contributed by atoms with Crippen LogP contribution in [0.25, 0.3) is 0 Å². The second kappa shape index (κ2) is 4.90. The van der Waals surface area contributed by atoms with E-state index in [-0.39, 0.29) is 22.8 Å². The molecule has 0 fully saturated rings.